The Hall–Kier alpha value is -1.57. The quantitative estimate of drug-likeness (QED) is 0.759. The SMILES string of the molecule is N[C@@H]1CCS(=O)(=O)C[C@@H]1NC(=O)c1cc2cc(Cl)ccc2[nH]1. The van der Waals surface area contributed by atoms with Gasteiger partial charge in [0.25, 0.3) is 5.91 Å². The predicted octanol–water partition coefficient (Wildman–Crippen LogP) is 1.07. The average molecular weight is 342 g/mol. The minimum atomic E-state index is -3.15. The van der Waals surface area contributed by atoms with Crippen molar-refractivity contribution < 1.29 is 13.2 Å². The van der Waals surface area contributed by atoms with Gasteiger partial charge in [-0.2, -0.15) is 0 Å². The number of carbonyl (C=O) groups is 1. The maximum atomic E-state index is 12.3. The van der Waals surface area contributed by atoms with Crippen LogP contribution in [0, 0.1) is 0 Å². The number of rotatable bonds is 2. The molecule has 1 aliphatic rings. The Balaban J connectivity index is 1.80. The summed E-state index contributed by atoms with van der Waals surface area (Å²) < 4.78 is 23.3. The van der Waals surface area contributed by atoms with Gasteiger partial charge in [-0.05, 0) is 30.7 Å². The fraction of sp³-hybridized carbons (Fsp3) is 0.357. The molecule has 22 heavy (non-hydrogen) atoms. The number of halogens is 1. The molecule has 8 heteroatoms. The summed E-state index contributed by atoms with van der Waals surface area (Å²) in [4.78, 5) is 15.3. The normalized spacial score (nSPS) is 24.3. The summed E-state index contributed by atoms with van der Waals surface area (Å²) in [5.74, 6) is -0.415. The van der Waals surface area contributed by atoms with Crippen molar-refractivity contribution in [3.8, 4) is 0 Å². The molecule has 1 fully saturated rings. The molecule has 0 saturated carbocycles. The van der Waals surface area contributed by atoms with Crippen molar-refractivity contribution in [1.29, 1.82) is 0 Å². The Morgan fingerprint density at radius 3 is 2.91 bits per heavy atom. The number of hydrogen-bond donors (Lipinski definition) is 3. The summed E-state index contributed by atoms with van der Waals surface area (Å²) in [6.07, 6.45) is 0.357. The van der Waals surface area contributed by atoms with Crippen LogP contribution in [0.2, 0.25) is 5.02 Å². The first-order valence-electron chi connectivity index (χ1n) is 6.89. The first-order chi connectivity index (χ1) is 10.3. The molecular formula is C14H16ClN3O3S. The molecule has 0 unspecified atom stereocenters. The molecule has 6 nitrogen and oxygen atoms in total. The summed E-state index contributed by atoms with van der Waals surface area (Å²) in [7, 11) is -3.15. The lowest BCUT2D eigenvalue weighted by molar-refractivity contribution is 0.0930. The molecule has 4 N–H and O–H groups in total. The maximum absolute atomic E-state index is 12.3. The molecule has 1 saturated heterocycles. The van der Waals surface area contributed by atoms with E-state index in [0.717, 1.165) is 10.9 Å². The molecule has 2 aromatic rings. The van der Waals surface area contributed by atoms with Gasteiger partial charge in [0.05, 0.1) is 17.5 Å². The zero-order valence-corrected chi connectivity index (χ0v) is 13.2. The van der Waals surface area contributed by atoms with Crippen molar-refractivity contribution >= 4 is 38.2 Å². The summed E-state index contributed by atoms with van der Waals surface area (Å²) in [5.41, 5.74) is 7.06. The van der Waals surface area contributed by atoms with Gasteiger partial charge in [-0.25, -0.2) is 8.42 Å². The first kappa shape index (κ1) is 15.3. The van der Waals surface area contributed by atoms with Gasteiger partial charge in [0.15, 0.2) is 9.84 Å². The lowest BCUT2D eigenvalue weighted by Gasteiger charge is -2.28. The van der Waals surface area contributed by atoms with E-state index < -0.39 is 15.9 Å². The van der Waals surface area contributed by atoms with Crippen molar-refractivity contribution in [2.75, 3.05) is 11.5 Å². The molecule has 0 aliphatic carbocycles. The molecule has 2 heterocycles. The monoisotopic (exact) mass is 341 g/mol. The number of nitrogens with two attached hydrogens (primary N) is 1. The number of nitrogens with one attached hydrogen (secondary N) is 2. The third kappa shape index (κ3) is 3.11. The largest absolute Gasteiger partial charge is 0.351 e. The van der Waals surface area contributed by atoms with Crippen molar-refractivity contribution in [3.05, 3.63) is 35.0 Å². The highest BCUT2D eigenvalue weighted by Crippen LogP contribution is 2.20. The molecule has 0 radical (unpaired) electrons. The molecule has 1 aromatic heterocycles. The molecule has 1 aliphatic heterocycles. The van der Waals surface area contributed by atoms with Crippen LogP contribution >= 0.6 is 11.6 Å². The zero-order chi connectivity index (χ0) is 15.9. The second kappa shape index (κ2) is 5.57. The maximum Gasteiger partial charge on any atom is 0.268 e. The number of fused-ring (bicyclic) bond motifs is 1. The lowest BCUT2D eigenvalue weighted by Crippen LogP contribution is -2.55. The number of aromatic nitrogens is 1. The van der Waals surface area contributed by atoms with Crippen LogP contribution in [0.1, 0.15) is 16.9 Å². The van der Waals surface area contributed by atoms with Gasteiger partial charge in [-0.15, -0.1) is 0 Å². The van der Waals surface area contributed by atoms with E-state index in [2.05, 4.69) is 10.3 Å². The van der Waals surface area contributed by atoms with Gasteiger partial charge in [0.2, 0.25) is 0 Å². The van der Waals surface area contributed by atoms with Crippen LogP contribution in [0.15, 0.2) is 24.3 Å². The van der Waals surface area contributed by atoms with Gasteiger partial charge < -0.3 is 16.0 Å². The predicted molar refractivity (Wildman–Crippen MR) is 85.8 cm³/mol. The Morgan fingerprint density at radius 2 is 2.14 bits per heavy atom. The van der Waals surface area contributed by atoms with Gasteiger partial charge in [-0.1, -0.05) is 11.6 Å². The molecule has 1 aromatic carbocycles. The molecule has 118 valence electrons. The second-order valence-corrected chi connectivity index (χ2v) is 8.23. The van der Waals surface area contributed by atoms with Crippen molar-refractivity contribution in [1.82, 2.24) is 10.3 Å². The Bertz CT molecular complexity index is 831. The van der Waals surface area contributed by atoms with E-state index in [-0.39, 0.29) is 23.5 Å². The van der Waals surface area contributed by atoms with E-state index in [1.165, 1.54) is 0 Å². The van der Waals surface area contributed by atoms with Crippen LogP contribution in [-0.4, -0.2) is 42.9 Å². The first-order valence-corrected chi connectivity index (χ1v) is 9.09. The highest BCUT2D eigenvalue weighted by molar-refractivity contribution is 7.91. The Kier molecular flexibility index (Phi) is 3.88. The molecule has 2 atom stereocenters. The lowest BCUT2D eigenvalue weighted by atomic mass is 10.1. The standard InChI is InChI=1S/C14H16ClN3O3S/c15-9-1-2-11-8(5-9)6-12(17-11)14(19)18-13-7-22(20,21)4-3-10(13)16/h1-2,5-6,10,13,17H,3-4,7,16H2,(H,18,19)/t10-,13+/m1/s1. The van der Waals surface area contributed by atoms with Gasteiger partial charge >= 0.3 is 0 Å². The van der Waals surface area contributed by atoms with E-state index in [9.17, 15) is 13.2 Å². The van der Waals surface area contributed by atoms with Gasteiger partial charge in [0, 0.05) is 22.0 Å². The van der Waals surface area contributed by atoms with Gasteiger partial charge in [0.1, 0.15) is 5.69 Å². The van der Waals surface area contributed by atoms with Crippen LogP contribution < -0.4 is 11.1 Å². The fourth-order valence-corrected chi connectivity index (χ4v) is 4.47. The third-order valence-corrected chi connectivity index (χ3v) is 5.82. The number of hydrogen-bond acceptors (Lipinski definition) is 4. The highest BCUT2D eigenvalue weighted by atomic mass is 35.5. The summed E-state index contributed by atoms with van der Waals surface area (Å²) in [6.45, 7) is 0. The average Bonchev–Trinajstić information content (AvgIpc) is 2.85. The molecular weight excluding hydrogens is 326 g/mol. The number of amides is 1. The number of sulfone groups is 1. The summed E-state index contributed by atoms with van der Waals surface area (Å²) in [5, 5.41) is 4.11. The van der Waals surface area contributed by atoms with Crippen LogP contribution in [0.3, 0.4) is 0 Å². The molecule has 1 amide bonds. The number of carbonyl (C=O) groups excluding carboxylic acids is 1. The zero-order valence-electron chi connectivity index (χ0n) is 11.7. The van der Waals surface area contributed by atoms with Crippen LogP contribution in [0.25, 0.3) is 10.9 Å². The van der Waals surface area contributed by atoms with Crippen LogP contribution in [0.5, 0.6) is 0 Å². The Labute approximate surface area is 132 Å². The van der Waals surface area contributed by atoms with Crippen molar-refractivity contribution in [3.63, 3.8) is 0 Å². The number of H-pyrrole nitrogens is 1. The summed E-state index contributed by atoms with van der Waals surface area (Å²) >= 11 is 5.92. The van der Waals surface area contributed by atoms with E-state index in [1.54, 1.807) is 24.3 Å². The Morgan fingerprint density at radius 1 is 1.36 bits per heavy atom. The molecule has 0 spiro atoms. The van der Waals surface area contributed by atoms with Crippen LogP contribution in [0.4, 0.5) is 0 Å². The van der Waals surface area contributed by atoms with Crippen LogP contribution in [-0.2, 0) is 9.84 Å². The van der Waals surface area contributed by atoms with Crippen molar-refractivity contribution in [2.45, 2.75) is 18.5 Å². The van der Waals surface area contributed by atoms with E-state index in [4.69, 9.17) is 17.3 Å². The second-order valence-electron chi connectivity index (χ2n) is 5.56. The molecule has 0 bridgehead atoms. The minimum Gasteiger partial charge on any atom is -0.351 e. The fourth-order valence-electron chi connectivity index (χ4n) is 2.62. The highest BCUT2D eigenvalue weighted by Gasteiger charge is 2.32. The smallest absolute Gasteiger partial charge is 0.268 e. The van der Waals surface area contributed by atoms with E-state index in [0.29, 0.717) is 17.1 Å². The number of benzene rings is 1. The van der Waals surface area contributed by atoms with E-state index in [1.807, 2.05) is 0 Å². The van der Waals surface area contributed by atoms with E-state index >= 15 is 0 Å². The minimum absolute atomic E-state index is 0.0748. The summed E-state index contributed by atoms with van der Waals surface area (Å²) in [6, 6.07) is 6.02. The third-order valence-electron chi connectivity index (χ3n) is 3.86. The number of aromatic amines is 1. The topological polar surface area (TPSA) is 105 Å². The van der Waals surface area contributed by atoms with Gasteiger partial charge in [-0.3, -0.25) is 4.79 Å². The molecule has 3 rings (SSSR count). The van der Waals surface area contributed by atoms with Crippen molar-refractivity contribution in [2.24, 2.45) is 5.73 Å².